The zero-order valence-corrected chi connectivity index (χ0v) is 27.5. The molecule has 1 unspecified atom stereocenters. The maximum atomic E-state index is 14.7. The van der Waals surface area contributed by atoms with Gasteiger partial charge in [-0.3, -0.25) is 9.59 Å². The lowest BCUT2D eigenvalue weighted by Crippen LogP contribution is -2.63. The minimum atomic E-state index is -0.597. The van der Waals surface area contributed by atoms with Crippen molar-refractivity contribution in [3.63, 3.8) is 0 Å². The lowest BCUT2D eigenvalue weighted by atomic mass is 9.44. The number of aliphatic hydroxyl groups is 1. The van der Waals surface area contributed by atoms with Crippen LogP contribution < -0.4 is 9.64 Å². The van der Waals surface area contributed by atoms with Crippen LogP contribution >= 0.6 is 23.2 Å². The molecule has 2 heterocycles. The van der Waals surface area contributed by atoms with Gasteiger partial charge in [-0.15, -0.1) is 23.2 Å². The lowest BCUT2D eigenvalue weighted by Gasteiger charge is -2.60. The van der Waals surface area contributed by atoms with Crippen LogP contribution in [0.15, 0.2) is 89.6 Å². The van der Waals surface area contributed by atoms with Crippen molar-refractivity contribution in [3.8, 4) is 5.75 Å². The van der Waals surface area contributed by atoms with Gasteiger partial charge in [-0.05, 0) is 61.1 Å². The van der Waals surface area contributed by atoms with Crippen LogP contribution in [0.3, 0.4) is 0 Å². The number of rotatable bonds is 6. The molecule has 2 amide bonds. The molecule has 2 aromatic carbocycles. The predicted octanol–water partition coefficient (Wildman–Crippen LogP) is 8.28. The number of amides is 2. The topological polar surface area (TPSA) is 70.1 Å². The summed E-state index contributed by atoms with van der Waals surface area (Å²) in [5.41, 5.74) is 3.68. The van der Waals surface area contributed by atoms with Crippen molar-refractivity contribution in [1.82, 2.24) is 4.90 Å². The van der Waals surface area contributed by atoms with Gasteiger partial charge in [0.05, 0.1) is 28.0 Å². The molecule has 0 spiro atoms. The smallest absolute Gasteiger partial charge is 0.233 e. The van der Waals surface area contributed by atoms with Gasteiger partial charge >= 0.3 is 0 Å². The third kappa shape index (κ3) is 4.22. The number of aliphatic hydroxyl groups excluding tert-OH is 1. The van der Waals surface area contributed by atoms with Crippen LogP contribution in [0.2, 0.25) is 0 Å². The number of hydrogen-bond donors (Lipinski definition) is 1. The highest BCUT2D eigenvalue weighted by molar-refractivity contribution is 6.19. The summed E-state index contributed by atoms with van der Waals surface area (Å²) in [6.07, 6.45) is 12.1. The number of nitrogens with zero attached hydrogens (tertiary/aromatic N) is 2. The van der Waals surface area contributed by atoms with Gasteiger partial charge in [0.2, 0.25) is 11.8 Å². The third-order valence-corrected chi connectivity index (χ3v) is 12.1. The van der Waals surface area contributed by atoms with Crippen LogP contribution in [0.1, 0.15) is 56.9 Å². The Morgan fingerprint density at radius 3 is 2.39 bits per heavy atom. The van der Waals surface area contributed by atoms with Crippen molar-refractivity contribution in [2.45, 2.75) is 51.4 Å². The van der Waals surface area contributed by atoms with E-state index in [-0.39, 0.29) is 29.6 Å². The summed E-state index contributed by atoms with van der Waals surface area (Å²) in [5, 5.41) is 13.0. The number of alkyl halides is 2. The van der Waals surface area contributed by atoms with Crippen LogP contribution in [-0.2, 0) is 9.59 Å². The normalized spacial score (nSPS) is 30.7. The molecule has 1 N–H and O–H groups in total. The zero-order chi connectivity index (χ0) is 32.0. The molecule has 3 saturated carbocycles. The van der Waals surface area contributed by atoms with Gasteiger partial charge < -0.3 is 19.6 Å². The second kappa shape index (κ2) is 10.8. The van der Waals surface area contributed by atoms with E-state index >= 15 is 0 Å². The molecule has 238 valence electrons. The van der Waals surface area contributed by atoms with E-state index in [2.05, 4.69) is 24.8 Å². The highest BCUT2D eigenvalue weighted by Gasteiger charge is 2.66. The Kier molecular flexibility index (Phi) is 7.01. The van der Waals surface area contributed by atoms with Crippen molar-refractivity contribution in [2.24, 2.45) is 22.7 Å². The average Bonchev–Trinajstić information content (AvgIpc) is 3.62. The van der Waals surface area contributed by atoms with Crippen LogP contribution in [-0.4, -0.2) is 46.7 Å². The standard InChI is InChI=1S/C38H38Cl2N2O4/c1-22(2)46-32-15-30-34(28-11-6-4-9-26(28)32)24(17-40)19-42(30)36(45)38-13-7-12-37(20-38,21-38)35(44)41-18-23(16-39)33-27-10-5-3-8-25(27)31(43)14-29(33)41/h3-6,9-11,14-15,23-25,43H,1,7-8,12-13,16-21H2,2H3/t23-,24-,25?,37?,38?/m1/s1. The fourth-order valence-electron chi connectivity index (χ4n) is 9.50. The van der Waals surface area contributed by atoms with Gasteiger partial charge in [-0.1, -0.05) is 55.5 Å². The van der Waals surface area contributed by atoms with Crippen molar-refractivity contribution in [2.75, 3.05) is 29.7 Å². The Balaban J connectivity index is 1.11. The minimum Gasteiger partial charge on any atom is -0.512 e. The number of halogens is 2. The number of hydrogen-bond acceptors (Lipinski definition) is 4. The van der Waals surface area contributed by atoms with Gasteiger partial charge in [-0.2, -0.15) is 0 Å². The van der Waals surface area contributed by atoms with Crippen LogP contribution in [0.25, 0.3) is 10.8 Å². The first-order valence-corrected chi connectivity index (χ1v) is 17.4. The first-order chi connectivity index (χ1) is 22.2. The molecule has 8 heteroatoms. The zero-order valence-electron chi connectivity index (χ0n) is 26.0. The van der Waals surface area contributed by atoms with Crippen molar-refractivity contribution < 1.29 is 19.4 Å². The predicted molar refractivity (Wildman–Crippen MR) is 182 cm³/mol. The van der Waals surface area contributed by atoms with E-state index in [4.69, 9.17) is 27.9 Å². The quantitative estimate of drug-likeness (QED) is 0.251. The first kappa shape index (κ1) is 29.9. The van der Waals surface area contributed by atoms with Gasteiger partial charge in [0.15, 0.2) is 0 Å². The van der Waals surface area contributed by atoms with Crippen molar-refractivity contribution in [3.05, 3.63) is 95.1 Å². The monoisotopic (exact) mass is 656 g/mol. The summed E-state index contributed by atoms with van der Waals surface area (Å²) in [4.78, 5) is 33.0. The van der Waals surface area contributed by atoms with Crippen molar-refractivity contribution in [1.29, 1.82) is 0 Å². The summed E-state index contributed by atoms with van der Waals surface area (Å²) in [7, 11) is 0. The number of fused-ring (bicyclic) bond motifs is 7. The highest BCUT2D eigenvalue weighted by atomic mass is 35.5. The van der Waals surface area contributed by atoms with E-state index in [1.807, 2.05) is 47.1 Å². The molecule has 6 nitrogen and oxygen atoms in total. The van der Waals surface area contributed by atoms with E-state index in [9.17, 15) is 14.7 Å². The lowest BCUT2D eigenvalue weighted by molar-refractivity contribution is -0.173. The molecule has 7 aliphatic rings. The van der Waals surface area contributed by atoms with E-state index < -0.39 is 10.8 Å². The maximum Gasteiger partial charge on any atom is 0.233 e. The highest BCUT2D eigenvalue weighted by Crippen LogP contribution is 2.66. The minimum absolute atomic E-state index is 0.00294. The second-order valence-corrected chi connectivity index (χ2v) is 14.8. The molecule has 9 rings (SSSR count). The molecule has 0 saturated heterocycles. The van der Waals surface area contributed by atoms with Gasteiger partial charge in [0, 0.05) is 60.1 Å². The maximum absolute atomic E-state index is 14.7. The Morgan fingerprint density at radius 2 is 1.70 bits per heavy atom. The summed E-state index contributed by atoms with van der Waals surface area (Å²) in [6.45, 7) is 6.78. The number of benzene rings is 2. The molecule has 3 fully saturated rings. The van der Waals surface area contributed by atoms with E-state index in [0.29, 0.717) is 55.0 Å². The molecule has 2 aromatic rings. The average molecular weight is 658 g/mol. The number of anilines is 1. The molecular weight excluding hydrogens is 619 g/mol. The summed E-state index contributed by atoms with van der Waals surface area (Å²) < 4.78 is 6.08. The van der Waals surface area contributed by atoms with Crippen LogP contribution in [0.4, 0.5) is 5.69 Å². The number of allylic oxidation sites excluding steroid dienone is 6. The summed E-state index contributed by atoms with van der Waals surface area (Å²) in [5.74, 6) is 2.43. The molecule has 46 heavy (non-hydrogen) atoms. The van der Waals surface area contributed by atoms with Gasteiger partial charge in [0.25, 0.3) is 0 Å². The Labute approximate surface area is 279 Å². The summed E-state index contributed by atoms with van der Waals surface area (Å²) >= 11 is 13.1. The fourth-order valence-corrected chi connectivity index (χ4v) is 10.0. The van der Waals surface area contributed by atoms with E-state index in [1.165, 1.54) is 0 Å². The van der Waals surface area contributed by atoms with Gasteiger partial charge in [-0.25, -0.2) is 0 Å². The second-order valence-electron chi connectivity index (χ2n) is 14.2. The number of ether oxygens (including phenoxy) is 1. The largest absolute Gasteiger partial charge is 0.512 e. The Morgan fingerprint density at radius 1 is 1.02 bits per heavy atom. The molecule has 0 aromatic heterocycles. The number of carbonyl (C=O) groups is 2. The molecule has 0 radical (unpaired) electrons. The molecular formula is C38H38Cl2N2O4. The molecule has 5 aliphatic carbocycles. The first-order valence-electron chi connectivity index (χ1n) is 16.4. The Bertz CT molecular complexity index is 1830. The SMILES string of the molecule is C=C(C)Oc1cc2c(c3ccccc13)[C@H](CCl)CN2C(=O)C12CCCC(C(=O)N3C[C@@H](CCl)C4=C3C=C(O)C3CC=CC=C43)(C1)C2. The Hall–Kier alpha value is -3.48. The molecule has 2 bridgehead atoms. The number of carbonyl (C=O) groups excluding carboxylic acids is 2. The summed E-state index contributed by atoms with van der Waals surface area (Å²) in [6, 6.07) is 10.1. The van der Waals surface area contributed by atoms with E-state index in [0.717, 1.165) is 64.5 Å². The van der Waals surface area contributed by atoms with E-state index in [1.54, 1.807) is 6.08 Å². The molecule has 3 atom stereocenters. The van der Waals surface area contributed by atoms with Gasteiger partial charge in [0.1, 0.15) is 11.5 Å². The fraction of sp³-hybridized carbons (Fsp3) is 0.421. The van der Waals surface area contributed by atoms with Crippen molar-refractivity contribution >= 4 is 51.5 Å². The molecule has 2 aliphatic heterocycles. The van der Waals surface area contributed by atoms with Crippen LogP contribution in [0, 0.1) is 22.7 Å². The third-order valence-electron chi connectivity index (χ3n) is 11.3. The van der Waals surface area contributed by atoms with Crippen LogP contribution in [0.5, 0.6) is 5.75 Å².